The molecule has 0 saturated carbocycles. The van der Waals surface area contributed by atoms with Crippen molar-refractivity contribution in [1.82, 2.24) is 24.4 Å². The molecule has 6 heteroatoms. The molecule has 0 amide bonds. The van der Waals surface area contributed by atoms with Gasteiger partial charge in [-0.25, -0.2) is 15.0 Å². The first-order valence-corrected chi connectivity index (χ1v) is 8.24. The molecule has 4 rings (SSSR count). The summed E-state index contributed by atoms with van der Waals surface area (Å²) >= 11 is 0. The van der Waals surface area contributed by atoms with Gasteiger partial charge in [0.25, 0.3) is 0 Å². The number of hydrogen-bond acceptors (Lipinski definition) is 5. The fourth-order valence-electron chi connectivity index (χ4n) is 3.16. The number of benzene rings is 1. The second-order valence-corrected chi connectivity index (χ2v) is 6.23. The second-order valence-electron chi connectivity index (χ2n) is 6.23. The van der Waals surface area contributed by atoms with E-state index in [-0.39, 0.29) is 6.10 Å². The van der Waals surface area contributed by atoms with Gasteiger partial charge >= 0.3 is 0 Å². The van der Waals surface area contributed by atoms with Crippen molar-refractivity contribution < 1.29 is 4.74 Å². The number of imidazole rings is 1. The molecule has 1 saturated heterocycles. The van der Waals surface area contributed by atoms with E-state index in [0.29, 0.717) is 6.61 Å². The highest BCUT2D eigenvalue weighted by Crippen LogP contribution is 2.22. The summed E-state index contributed by atoms with van der Waals surface area (Å²) in [4.78, 5) is 16.0. The molecule has 0 unspecified atom stereocenters. The average Bonchev–Trinajstić information content (AvgIpc) is 2.91. The summed E-state index contributed by atoms with van der Waals surface area (Å²) in [5.74, 6) is 1.84. The molecule has 1 aromatic carbocycles. The lowest BCUT2D eigenvalue weighted by Gasteiger charge is -2.31. The maximum absolute atomic E-state index is 5.88. The standard InChI is InChI=1S/C18H21N5O/c1-13-7-8-19-18(20-13)16-11-23(9-10-24-16)12-17-21-14-5-3-4-6-15(14)22(17)2/h3-8,16H,9-12H2,1-2H3/t16-/m1/s1. The van der Waals surface area contributed by atoms with E-state index in [1.807, 2.05) is 25.1 Å². The van der Waals surface area contributed by atoms with Crippen molar-refractivity contribution in [2.24, 2.45) is 7.05 Å². The van der Waals surface area contributed by atoms with Crippen molar-refractivity contribution in [2.75, 3.05) is 19.7 Å². The van der Waals surface area contributed by atoms with E-state index in [9.17, 15) is 0 Å². The minimum Gasteiger partial charge on any atom is -0.368 e. The molecule has 1 atom stereocenters. The Hall–Kier alpha value is -2.31. The van der Waals surface area contributed by atoms with Gasteiger partial charge in [-0.1, -0.05) is 12.1 Å². The highest BCUT2D eigenvalue weighted by molar-refractivity contribution is 5.75. The molecule has 2 aromatic heterocycles. The third-order valence-electron chi connectivity index (χ3n) is 4.50. The fourth-order valence-corrected chi connectivity index (χ4v) is 3.16. The van der Waals surface area contributed by atoms with Gasteiger partial charge in [-0.05, 0) is 25.1 Å². The summed E-state index contributed by atoms with van der Waals surface area (Å²) in [5.41, 5.74) is 3.18. The van der Waals surface area contributed by atoms with Gasteiger partial charge in [-0.2, -0.15) is 0 Å². The topological polar surface area (TPSA) is 56.1 Å². The van der Waals surface area contributed by atoms with Crippen LogP contribution in [0.4, 0.5) is 0 Å². The first kappa shape index (κ1) is 15.2. The molecule has 1 fully saturated rings. The number of aryl methyl sites for hydroxylation is 2. The van der Waals surface area contributed by atoms with E-state index >= 15 is 0 Å². The van der Waals surface area contributed by atoms with Crippen LogP contribution >= 0.6 is 0 Å². The number of hydrogen-bond donors (Lipinski definition) is 0. The van der Waals surface area contributed by atoms with E-state index in [0.717, 1.165) is 42.5 Å². The lowest BCUT2D eigenvalue weighted by molar-refractivity contribution is -0.0382. The van der Waals surface area contributed by atoms with Crippen molar-refractivity contribution in [1.29, 1.82) is 0 Å². The molecule has 124 valence electrons. The zero-order valence-electron chi connectivity index (χ0n) is 14.0. The normalized spacial score (nSPS) is 19.0. The maximum atomic E-state index is 5.88. The Morgan fingerprint density at radius 3 is 2.92 bits per heavy atom. The van der Waals surface area contributed by atoms with E-state index in [1.54, 1.807) is 6.20 Å². The van der Waals surface area contributed by atoms with Crippen LogP contribution in [0.25, 0.3) is 11.0 Å². The van der Waals surface area contributed by atoms with Crippen LogP contribution in [-0.2, 0) is 18.3 Å². The molecule has 3 aromatic rings. The number of ether oxygens (including phenoxy) is 1. The minimum absolute atomic E-state index is 0.0756. The van der Waals surface area contributed by atoms with Gasteiger partial charge in [0.15, 0.2) is 5.82 Å². The molecule has 6 nitrogen and oxygen atoms in total. The predicted molar refractivity (Wildman–Crippen MR) is 91.5 cm³/mol. The first-order chi connectivity index (χ1) is 11.7. The molecule has 0 N–H and O–H groups in total. The van der Waals surface area contributed by atoms with Gasteiger partial charge < -0.3 is 9.30 Å². The first-order valence-electron chi connectivity index (χ1n) is 8.24. The molecule has 24 heavy (non-hydrogen) atoms. The Morgan fingerprint density at radius 1 is 1.21 bits per heavy atom. The quantitative estimate of drug-likeness (QED) is 0.740. The van der Waals surface area contributed by atoms with Gasteiger partial charge in [-0.3, -0.25) is 4.90 Å². The largest absolute Gasteiger partial charge is 0.368 e. The molecule has 0 radical (unpaired) electrons. The van der Waals surface area contributed by atoms with Gasteiger partial charge in [0.05, 0.1) is 24.2 Å². The zero-order valence-corrected chi connectivity index (χ0v) is 14.0. The summed E-state index contributed by atoms with van der Waals surface area (Å²) in [5, 5.41) is 0. The monoisotopic (exact) mass is 323 g/mol. The van der Waals surface area contributed by atoms with Gasteiger partial charge in [0.1, 0.15) is 11.9 Å². The Balaban J connectivity index is 1.53. The van der Waals surface area contributed by atoms with Crippen LogP contribution in [-0.4, -0.2) is 44.1 Å². The predicted octanol–water partition coefficient (Wildman–Crippen LogP) is 2.25. The number of rotatable bonds is 3. The summed E-state index contributed by atoms with van der Waals surface area (Å²) in [6.07, 6.45) is 1.72. The van der Waals surface area contributed by atoms with Crippen molar-refractivity contribution >= 4 is 11.0 Å². The Morgan fingerprint density at radius 2 is 2.08 bits per heavy atom. The van der Waals surface area contributed by atoms with Crippen LogP contribution in [0.15, 0.2) is 36.5 Å². The summed E-state index contributed by atoms with van der Waals surface area (Å²) in [6.45, 7) is 5.15. The Kier molecular flexibility index (Phi) is 4.00. The Bertz CT molecular complexity index is 859. The van der Waals surface area contributed by atoms with Crippen molar-refractivity contribution in [3.63, 3.8) is 0 Å². The highest BCUT2D eigenvalue weighted by Gasteiger charge is 2.25. The molecular weight excluding hydrogens is 302 g/mol. The lowest BCUT2D eigenvalue weighted by Crippen LogP contribution is -2.39. The summed E-state index contributed by atoms with van der Waals surface area (Å²) < 4.78 is 8.05. The molecule has 1 aliphatic rings. The molecule has 3 heterocycles. The molecular formula is C18H21N5O. The zero-order chi connectivity index (χ0) is 16.5. The number of para-hydroxylation sites is 2. The third kappa shape index (κ3) is 2.90. The maximum Gasteiger partial charge on any atom is 0.158 e. The van der Waals surface area contributed by atoms with Crippen LogP contribution in [0.1, 0.15) is 23.4 Å². The average molecular weight is 323 g/mol. The van der Waals surface area contributed by atoms with E-state index in [1.165, 1.54) is 5.52 Å². The van der Waals surface area contributed by atoms with Crippen LogP contribution in [0.2, 0.25) is 0 Å². The number of aromatic nitrogens is 4. The van der Waals surface area contributed by atoms with Crippen molar-refractivity contribution in [3.05, 3.63) is 53.9 Å². The molecule has 0 aliphatic carbocycles. The van der Waals surface area contributed by atoms with E-state index < -0.39 is 0 Å². The lowest BCUT2D eigenvalue weighted by atomic mass is 10.2. The number of fused-ring (bicyclic) bond motifs is 1. The van der Waals surface area contributed by atoms with Crippen LogP contribution < -0.4 is 0 Å². The smallest absolute Gasteiger partial charge is 0.158 e. The van der Waals surface area contributed by atoms with Gasteiger partial charge in [0.2, 0.25) is 0 Å². The van der Waals surface area contributed by atoms with Gasteiger partial charge in [-0.15, -0.1) is 0 Å². The fraction of sp³-hybridized carbons (Fsp3) is 0.389. The van der Waals surface area contributed by atoms with Crippen molar-refractivity contribution in [2.45, 2.75) is 19.6 Å². The molecule has 1 aliphatic heterocycles. The van der Waals surface area contributed by atoms with Crippen LogP contribution in [0.3, 0.4) is 0 Å². The second kappa shape index (κ2) is 6.30. The molecule has 0 bridgehead atoms. The van der Waals surface area contributed by atoms with Crippen molar-refractivity contribution in [3.8, 4) is 0 Å². The summed E-state index contributed by atoms with van der Waals surface area (Å²) in [6, 6.07) is 10.1. The van der Waals surface area contributed by atoms with E-state index in [4.69, 9.17) is 9.72 Å². The molecule has 0 spiro atoms. The van der Waals surface area contributed by atoms with Crippen LogP contribution in [0.5, 0.6) is 0 Å². The number of morpholine rings is 1. The van der Waals surface area contributed by atoms with Crippen LogP contribution in [0, 0.1) is 6.92 Å². The Labute approximate surface area is 141 Å². The van der Waals surface area contributed by atoms with Gasteiger partial charge in [0, 0.05) is 32.0 Å². The number of nitrogens with zero attached hydrogens (tertiary/aromatic N) is 5. The third-order valence-corrected chi connectivity index (χ3v) is 4.50. The highest BCUT2D eigenvalue weighted by atomic mass is 16.5. The van der Waals surface area contributed by atoms with E-state index in [2.05, 4.69) is 38.6 Å². The minimum atomic E-state index is -0.0756. The SMILES string of the molecule is Cc1ccnc([C@H]2CN(Cc3nc4ccccc4n3C)CCO2)n1. The summed E-state index contributed by atoms with van der Waals surface area (Å²) in [7, 11) is 2.08.